The Kier molecular flexibility index (Phi) is 3.01. The molecule has 0 spiro atoms. The normalized spacial score (nSPS) is 9.88. The van der Waals surface area contributed by atoms with E-state index in [9.17, 15) is 4.79 Å². The van der Waals surface area contributed by atoms with Crippen LogP contribution in [0.4, 0.5) is 0 Å². The lowest BCUT2D eigenvalue weighted by Gasteiger charge is -2.08. The first-order valence-corrected chi connectivity index (χ1v) is 5.23. The van der Waals surface area contributed by atoms with E-state index >= 15 is 0 Å². The van der Waals surface area contributed by atoms with Gasteiger partial charge in [-0.05, 0) is 6.07 Å². The van der Waals surface area contributed by atoms with Crippen molar-refractivity contribution in [2.24, 2.45) is 5.73 Å². The zero-order valence-corrected chi connectivity index (χ0v) is 9.18. The molecular weight excluding hydrogens is 212 g/mol. The molecule has 2 aromatic carbocycles. The van der Waals surface area contributed by atoms with E-state index in [0.29, 0.717) is 16.8 Å². The van der Waals surface area contributed by atoms with Crippen LogP contribution in [0.1, 0.15) is 21.5 Å². The largest absolute Gasteiger partial charge is 0.366 e. The molecule has 3 heteroatoms. The third-order valence-electron chi connectivity index (χ3n) is 2.52. The number of carbonyl (C=O) groups excluding carboxylic acids is 1. The lowest BCUT2D eigenvalue weighted by molar-refractivity contribution is 0.1000. The van der Waals surface area contributed by atoms with Crippen LogP contribution in [0.15, 0.2) is 54.6 Å². The van der Waals surface area contributed by atoms with Crippen molar-refractivity contribution >= 4 is 11.6 Å². The first kappa shape index (κ1) is 11.1. The molecule has 3 N–H and O–H groups in total. The topological polar surface area (TPSA) is 66.9 Å². The van der Waals surface area contributed by atoms with Gasteiger partial charge < -0.3 is 5.73 Å². The third kappa shape index (κ3) is 2.23. The molecule has 0 bridgehead atoms. The molecule has 0 aromatic heterocycles. The Morgan fingerprint density at radius 1 is 0.882 bits per heavy atom. The van der Waals surface area contributed by atoms with Gasteiger partial charge in [0.15, 0.2) is 0 Å². The molecule has 3 nitrogen and oxygen atoms in total. The number of primary amides is 1. The quantitative estimate of drug-likeness (QED) is 0.771. The predicted octanol–water partition coefficient (Wildman–Crippen LogP) is 2.20. The van der Waals surface area contributed by atoms with Crippen molar-refractivity contribution in [2.75, 3.05) is 0 Å². The van der Waals surface area contributed by atoms with Crippen LogP contribution in [-0.4, -0.2) is 11.6 Å². The summed E-state index contributed by atoms with van der Waals surface area (Å²) in [4.78, 5) is 11.3. The molecule has 17 heavy (non-hydrogen) atoms. The number of amides is 1. The fraction of sp³-hybridized carbons (Fsp3) is 0. The maximum absolute atomic E-state index is 11.3. The van der Waals surface area contributed by atoms with Gasteiger partial charge in [0.05, 0.1) is 5.71 Å². The number of rotatable bonds is 3. The summed E-state index contributed by atoms with van der Waals surface area (Å²) in [6.07, 6.45) is 0. The second-order valence-electron chi connectivity index (χ2n) is 3.65. The number of benzene rings is 2. The number of hydrogen-bond donors (Lipinski definition) is 2. The molecule has 1 amide bonds. The lowest BCUT2D eigenvalue weighted by atomic mass is 9.97. The smallest absolute Gasteiger partial charge is 0.249 e. The highest BCUT2D eigenvalue weighted by molar-refractivity contribution is 6.16. The Balaban J connectivity index is 2.48. The minimum absolute atomic E-state index is 0.306. The molecular formula is C14H12N2O. The summed E-state index contributed by atoms with van der Waals surface area (Å²) in [5.41, 5.74) is 7.30. The van der Waals surface area contributed by atoms with Crippen molar-refractivity contribution in [3.8, 4) is 0 Å². The molecule has 0 aliphatic carbocycles. The molecule has 0 aliphatic rings. The van der Waals surface area contributed by atoms with E-state index < -0.39 is 5.91 Å². The maximum Gasteiger partial charge on any atom is 0.249 e. The zero-order chi connectivity index (χ0) is 12.3. The molecule has 0 saturated carbocycles. The van der Waals surface area contributed by atoms with Gasteiger partial charge in [-0.15, -0.1) is 0 Å². The van der Waals surface area contributed by atoms with Crippen LogP contribution in [0, 0.1) is 5.41 Å². The second kappa shape index (κ2) is 4.61. The monoisotopic (exact) mass is 224 g/mol. The summed E-state index contributed by atoms with van der Waals surface area (Å²) in [5, 5.41) is 8.10. The highest BCUT2D eigenvalue weighted by Gasteiger charge is 2.12. The highest BCUT2D eigenvalue weighted by atomic mass is 16.1. The zero-order valence-electron chi connectivity index (χ0n) is 9.18. The molecule has 2 aromatic rings. The van der Waals surface area contributed by atoms with Gasteiger partial charge in [0.25, 0.3) is 0 Å². The molecule has 0 heterocycles. The number of nitrogens with two attached hydrogens (primary N) is 1. The van der Waals surface area contributed by atoms with Gasteiger partial charge in [-0.3, -0.25) is 10.2 Å². The predicted molar refractivity (Wildman–Crippen MR) is 67.3 cm³/mol. The summed E-state index contributed by atoms with van der Waals surface area (Å²) in [5.74, 6) is -0.513. The average Bonchev–Trinajstić information content (AvgIpc) is 2.39. The summed E-state index contributed by atoms with van der Waals surface area (Å²) < 4.78 is 0. The van der Waals surface area contributed by atoms with Crippen molar-refractivity contribution < 1.29 is 4.79 Å². The SMILES string of the molecule is N=C(c1ccccc1)c1ccccc1C(N)=O. The first-order valence-electron chi connectivity index (χ1n) is 5.23. The van der Waals surface area contributed by atoms with Gasteiger partial charge in [-0.25, -0.2) is 0 Å². The van der Waals surface area contributed by atoms with Gasteiger partial charge in [0.2, 0.25) is 5.91 Å². The van der Waals surface area contributed by atoms with E-state index in [-0.39, 0.29) is 0 Å². The van der Waals surface area contributed by atoms with Gasteiger partial charge in [-0.2, -0.15) is 0 Å². The molecule has 0 aliphatic heterocycles. The van der Waals surface area contributed by atoms with Crippen molar-refractivity contribution in [3.63, 3.8) is 0 Å². The van der Waals surface area contributed by atoms with Gasteiger partial charge in [-0.1, -0.05) is 48.5 Å². The standard InChI is InChI=1S/C14H12N2O/c15-13(10-6-2-1-3-7-10)11-8-4-5-9-12(11)14(16)17/h1-9,15H,(H2,16,17). The van der Waals surface area contributed by atoms with E-state index in [2.05, 4.69) is 0 Å². The fourth-order valence-corrected chi connectivity index (χ4v) is 1.68. The van der Waals surface area contributed by atoms with E-state index in [1.807, 2.05) is 30.3 Å². The van der Waals surface area contributed by atoms with Crippen LogP contribution in [0.2, 0.25) is 0 Å². The van der Waals surface area contributed by atoms with Crippen molar-refractivity contribution in [2.45, 2.75) is 0 Å². The summed E-state index contributed by atoms with van der Waals surface area (Å²) in [6.45, 7) is 0. The minimum atomic E-state index is -0.513. The van der Waals surface area contributed by atoms with Crippen molar-refractivity contribution in [1.82, 2.24) is 0 Å². The van der Waals surface area contributed by atoms with Crippen molar-refractivity contribution in [3.05, 3.63) is 71.3 Å². The van der Waals surface area contributed by atoms with E-state index in [4.69, 9.17) is 11.1 Å². The van der Waals surface area contributed by atoms with Gasteiger partial charge in [0.1, 0.15) is 0 Å². The number of hydrogen-bond acceptors (Lipinski definition) is 2. The molecule has 84 valence electrons. The summed E-state index contributed by atoms with van der Waals surface area (Å²) >= 11 is 0. The average molecular weight is 224 g/mol. The Bertz CT molecular complexity index is 561. The van der Waals surface area contributed by atoms with Crippen LogP contribution in [0.25, 0.3) is 0 Å². The fourth-order valence-electron chi connectivity index (χ4n) is 1.68. The number of carbonyl (C=O) groups is 1. The molecule has 0 unspecified atom stereocenters. The van der Waals surface area contributed by atoms with Crippen LogP contribution >= 0.6 is 0 Å². The van der Waals surface area contributed by atoms with Crippen LogP contribution in [0.3, 0.4) is 0 Å². The number of nitrogens with one attached hydrogen (secondary N) is 1. The highest BCUT2D eigenvalue weighted by Crippen LogP contribution is 2.13. The molecule has 0 radical (unpaired) electrons. The molecule has 2 rings (SSSR count). The van der Waals surface area contributed by atoms with Gasteiger partial charge in [0, 0.05) is 16.7 Å². The molecule has 0 saturated heterocycles. The van der Waals surface area contributed by atoms with E-state index in [0.717, 1.165) is 5.56 Å². The summed E-state index contributed by atoms with van der Waals surface area (Å²) in [7, 11) is 0. The Morgan fingerprint density at radius 3 is 2.00 bits per heavy atom. The molecule has 0 atom stereocenters. The molecule has 0 fully saturated rings. The minimum Gasteiger partial charge on any atom is -0.366 e. The van der Waals surface area contributed by atoms with Crippen molar-refractivity contribution in [1.29, 1.82) is 5.41 Å². The third-order valence-corrected chi connectivity index (χ3v) is 2.52. The Morgan fingerprint density at radius 2 is 1.41 bits per heavy atom. The van der Waals surface area contributed by atoms with Crippen LogP contribution in [-0.2, 0) is 0 Å². The lowest BCUT2D eigenvalue weighted by Crippen LogP contribution is -2.16. The second-order valence-corrected chi connectivity index (χ2v) is 3.65. The first-order chi connectivity index (χ1) is 8.20. The Labute approximate surface area is 99.4 Å². The van der Waals surface area contributed by atoms with Gasteiger partial charge >= 0.3 is 0 Å². The maximum atomic E-state index is 11.3. The van der Waals surface area contributed by atoms with Crippen LogP contribution in [0.5, 0.6) is 0 Å². The van der Waals surface area contributed by atoms with E-state index in [1.165, 1.54) is 0 Å². The van der Waals surface area contributed by atoms with Crippen LogP contribution < -0.4 is 5.73 Å². The summed E-state index contributed by atoms with van der Waals surface area (Å²) in [6, 6.07) is 16.2. The van der Waals surface area contributed by atoms with E-state index in [1.54, 1.807) is 24.3 Å². The Hall–Kier alpha value is -2.42.